The smallest absolute Gasteiger partial charge is 0.273 e. The number of hydrogen-bond donors (Lipinski definition) is 1. The van der Waals surface area contributed by atoms with Gasteiger partial charge in [-0.2, -0.15) is 0 Å². The molecule has 3 aromatic rings. The molecule has 0 saturated heterocycles. The fraction of sp³-hybridized carbons (Fsp3) is 0.333. The topological polar surface area (TPSA) is 80.9 Å². The van der Waals surface area contributed by atoms with Crippen LogP contribution in [0.2, 0.25) is 0 Å². The van der Waals surface area contributed by atoms with E-state index in [0.29, 0.717) is 18.7 Å². The van der Waals surface area contributed by atoms with Crippen molar-refractivity contribution in [2.24, 2.45) is 0 Å². The lowest BCUT2D eigenvalue weighted by molar-refractivity contribution is 0.0944. The zero-order chi connectivity index (χ0) is 17.1. The van der Waals surface area contributed by atoms with Crippen LogP contribution in [0.5, 0.6) is 0 Å². The molecule has 4 rings (SSSR count). The zero-order valence-electron chi connectivity index (χ0n) is 13.7. The van der Waals surface area contributed by atoms with Gasteiger partial charge in [-0.3, -0.25) is 9.78 Å². The SMILES string of the molecule is O=C(NCCc1csc(-c2ccncc2)n1)c1noc2c1CCCC2. The van der Waals surface area contributed by atoms with E-state index in [9.17, 15) is 4.79 Å². The van der Waals surface area contributed by atoms with E-state index in [1.807, 2.05) is 17.5 Å². The van der Waals surface area contributed by atoms with Crippen LogP contribution in [0.25, 0.3) is 10.6 Å². The summed E-state index contributed by atoms with van der Waals surface area (Å²) in [5.74, 6) is 0.717. The van der Waals surface area contributed by atoms with Crippen LogP contribution < -0.4 is 5.32 Å². The van der Waals surface area contributed by atoms with Gasteiger partial charge in [0.05, 0.1) is 5.69 Å². The van der Waals surface area contributed by atoms with Crippen molar-refractivity contribution in [3.63, 3.8) is 0 Å². The summed E-state index contributed by atoms with van der Waals surface area (Å²) in [6, 6.07) is 3.89. The van der Waals surface area contributed by atoms with Gasteiger partial charge in [0.1, 0.15) is 10.8 Å². The Labute approximate surface area is 149 Å². The predicted molar refractivity (Wildman–Crippen MR) is 94.5 cm³/mol. The number of aromatic nitrogens is 3. The molecule has 0 aliphatic heterocycles. The lowest BCUT2D eigenvalue weighted by atomic mass is 9.96. The van der Waals surface area contributed by atoms with E-state index in [1.165, 1.54) is 0 Å². The van der Waals surface area contributed by atoms with Crippen LogP contribution in [0, 0.1) is 0 Å². The molecule has 0 fully saturated rings. The number of carbonyl (C=O) groups is 1. The molecule has 128 valence electrons. The van der Waals surface area contributed by atoms with Gasteiger partial charge in [0.2, 0.25) is 0 Å². The number of rotatable bonds is 5. The van der Waals surface area contributed by atoms with Crippen LogP contribution >= 0.6 is 11.3 Å². The molecular weight excluding hydrogens is 336 g/mol. The van der Waals surface area contributed by atoms with Crippen LogP contribution in [0.4, 0.5) is 0 Å². The van der Waals surface area contributed by atoms with Crippen molar-refractivity contribution >= 4 is 17.2 Å². The first-order chi connectivity index (χ1) is 12.3. The molecule has 1 aliphatic rings. The number of hydrogen-bond acceptors (Lipinski definition) is 6. The maximum Gasteiger partial charge on any atom is 0.273 e. The van der Waals surface area contributed by atoms with Gasteiger partial charge in [-0.25, -0.2) is 4.98 Å². The van der Waals surface area contributed by atoms with E-state index < -0.39 is 0 Å². The third-order valence-electron chi connectivity index (χ3n) is 4.31. The number of thiazole rings is 1. The van der Waals surface area contributed by atoms with Gasteiger partial charge in [-0.15, -0.1) is 11.3 Å². The highest BCUT2D eigenvalue weighted by atomic mass is 32.1. The van der Waals surface area contributed by atoms with Crippen molar-refractivity contribution in [2.75, 3.05) is 6.54 Å². The minimum atomic E-state index is -0.156. The molecule has 1 aliphatic carbocycles. The highest BCUT2D eigenvalue weighted by molar-refractivity contribution is 7.13. The summed E-state index contributed by atoms with van der Waals surface area (Å²) in [5, 5.41) is 9.88. The lowest BCUT2D eigenvalue weighted by Crippen LogP contribution is -2.27. The molecule has 0 radical (unpaired) electrons. The zero-order valence-corrected chi connectivity index (χ0v) is 14.5. The number of aryl methyl sites for hydroxylation is 1. The summed E-state index contributed by atoms with van der Waals surface area (Å²) in [7, 11) is 0. The summed E-state index contributed by atoms with van der Waals surface area (Å²) in [6.45, 7) is 0.528. The normalized spacial score (nSPS) is 13.4. The van der Waals surface area contributed by atoms with Crippen LogP contribution in [0.15, 0.2) is 34.4 Å². The Bertz CT molecular complexity index is 872. The van der Waals surface area contributed by atoms with E-state index in [2.05, 4.69) is 20.4 Å². The first kappa shape index (κ1) is 16.0. The number of amides is 1. The molecule has 0 atom stereocenters. The van der Waals surface area contributed by atoms with Gasteiger partial charge < -0.3 is 9.84 Å². The van der Waals surface area contributed by atoms with Crippen LogP contribution in [0.3, 0.4) is 0 Å². The standard InChI is InChI=1S/C18H18N4O2S/c23-17(16-14-3-1-2-4-15(14)24-22-16)20-10-7-13-11-25-18(21-13)12-5-8-19-9-6-12/h5-6,8-9,11H,1-4,7,10H2,(H,20,23). The molecule has 1 N–H and O–H groups in total. The molecule has 0 aromatic carbocycles. The minimum Gasteiger partial charge on any atom is -0.360 e. The van der Waals surface area contributed by atoms with Crippen LogP contribution in [-0.2, 0) is 19.3 Å². The largest absolute Gasteiger partial charge is 0.360 e. The molecule has 0 saturated carbocycles. The van der Waals surface area contributed by atoms with Crippen molar-refractivity contribution < 1.29 is 9.32 Å². The third-order valence-corrected chi connectivity index (χ3v) is 5.25. The van der Waals surface area contributed by atoms with E-state index in [0.717, 1.165) is 53.3 Å². The molecule has 25 heavy (non-hydrogen) atoms. The number of nitrogens with zero attached hydrogens (tertiary/aromatic N) is 3. The summed E-state index contributed by atoms with van der Waals surface area (Å²) < 4.78 is 5.30. The fourth-order valence-electron chi connectivity index (χ4n) is 3.00. The van der Waals surface area contributed by atoms with Crippen molar-refractivity contribution in [1.82, 2.24) is 20.4 Å². The van der Waals surface area contributed by atoms with E-state index in [-0.39, 0.29) is 5.91 Å². The minimum absolute atomic E-state index is 0.156. The van der Waals surface area contributed by atoms with Crippen molar-refractivity contribution in [3.8, 4) is 10.6 Å². The maximum atomic E-state index is 12.3. The molecule has 7 heteroatoms. The number of nitrogens with one attached hydrogen (secondary N) is 1. The Hall–Kier alpha value is -2.54. The molecule has 1 amide bonds. The van der Waals surface area contributed by atoms with E-state index in [4.69, 9.17) is 4.52 Å². The predicted octanol–water partition coefficient (Wildman–Crippen LogP) is 3.04. The Morgan fingerprint density at radius 3 is 2.96 bits per heavy atom. The quantitative estimate of drug-likeness (QED) is 0.762. The summed E-state index contributed by atoms with van der Waals surface area (Å²) in [4.78, 5) is 21.0. The van der Waals surface area contributed by atoms with Gasteiger partial charge in [-0.05, 0) is 31.4 Å². The summed E-state index contributed by atoms with van der Waals surface area (Å²) in [5.41, 5.74) is 3.46. The first-order valence-electron chi connectivity index (χ1n) is 8.41. The fourth-order valence-corrected chi connectivity index (χ4v) is 3.86. The Kier molecular flexibility index (Phi) is 4.56. The molecular formula is C18H18N4O2S. The first-order valence-corrected chi connectivity index (χ1v) is 9.29. The summed E-state index contributed by atoms with van der Waals surface area (Å²) in [6.07, 6.45) is 8.16. The van der Waals surface area contributed by atoms with E-state index >= 15 is 0 Å². The molecule has 3 aromatic heterocycles. The molecule has 0 spiro atoms. The second-order valence-corrected chi connectivity index (χ2v) is 6.88. The average Bonchev–Trinajstić information content (AvgIpc) is 3.29. The highest BCUT2D eigenvalue weighted by Crippen LogP contribution is 2.24. The molecule has 0 unspecified atom stereocenters. The Morgan fingerprint density at radius 1 is 1.24 bits per heavy atom. The maximum absolute atomic E-state index is 12.3. The Balaban J connectivity index is 1.34. The number of pyridine rings is 1. The lowest BCUT2D eigenvalue weighted by Gasteiger charge is -2.09. The highest BCUT2D eigenvalue weighted by Gasteiger charge is 2.23. The van der Waals surface area contributed by atoms with Crippen LogP contribution in [-0.4, -0.2) is 27.6 Å². The Morgan fingerprint density at radius 2 is 2.08 bits per heavy atom. The van der Waals surface area contributed by atoms with Crippen molar-refractivity contribution in [3.05, 3.63) is 52.6 Å². The molecule has 6 nitrogen and oxygen atoms in total. The van der Waals surface area contributed by atoms with Gasteiger partial charge >= 0.3 is 0 Å². The van der Waals surface area contributed by atoms with Gasteiger partial charge in [0.25, 0.3) is 5.91 Å². The second-order valence-electron chi connectivity index (χ2n) is 6.03. The number of carbonyl (C=O) groups excluding carboxylic acids is 1. The van der Waals surface area contributed by atoms with Gasteiger partial charge in [0, 0.05) is 48.3 Å². The number of fused-ring (bicyclic) bond motifs is 1. The van der Waals surface area contributed by atoms with Crippen molar-refractivity contribution in [1.29, 1.82) is 0 Å². The van der Waals surface area contributed by atoms with Gasteiger partial charge in [0.15, 0.2) is 5.69 Å². The second kappa shape index (κ2) is 7.14. The molecule has 0 bridgehead atoms. The monoisotopic (exact) mass is 354 g/mol. The average molecular weight is 354 g/mol. The summed E-state index contributed by atoms with van der Waals surface area (Å²) >= 11 is 1.60. The third kappa shape index (κ3) is 3.46. The van der Waals surface area contributed by atoms with E-state index in [1.54, 1.807) is 23.7 Å². The molecule has 3 heterocycles. The van der Waals surface area contributed by atoms with Crippen LogP contribution in [0.1, 0.15) is 40.3 Å². The van der Waals surface area contributed by atoms with Gasteiger partial charge in [-0.1, -0.05) is 5.16 Å². The van der Waals surface area contributed by atoms with Crippen molar-refractivity contribution in [2.45, 2.75) is 32.1 Å².